The number of nitrogens with zero attached hydrogens (tertiary/aromatic N) is 1. The van der Waals surface area contributed by atoms with Crippen molar-refractivity contribution in [2.45, 2.75) is 36.4 Å². The van der Waals surface area contributed by atoms with Gasteiger partial charge in [0.15, 0.2) is 0 Å². The molecular weight excluding hydrogens is 400 g/mol. The zero-order valence-corrected chi connectivity index (χ0v) is 15.3. The van der Waals surface area contributed by atoms with E-state index in [1.54, 1.807) is 11.8 Å². The lowest BCUT2D eigenvalue weighted by Crippen LogP contribution is -2.21. The highest BCUT2D eigenvalue weighted by Gasteiger charge is 2.05. The zero-order chi connectivity index (χ0) is 14.5. The van der Waals surface area contributed by atoms with Crippen LogP contribution in [0.4, 0.5) is 0 Å². The SMILES string of the molecule is CC(C)NCc1ccc(Sc2ccc(Br)cn2)c(Br)c1. The summed E-state index contributed by atoms with van der Waals surface area (Å²) in [5.74, 6) is 0. The lowest BCUT2D eigenvalue weighted by Gasteiger charge is -2.10. The van der Waals surface area contributed by atoms with Crippen molar-refractivity contribution in [3.63, 3.8) is 0 Å². The van der Waals surface area contributed by atoms with Crippen LogP contribution in [0.25, 0.3) is 0 Å². The Morgan fingerprint density at radius 1 is 1.20 bits per heavy atom. The van der Waals surface area contributed by atoms with Gasteiger partial charge in [-0.25, -0.2) is 4.98 Å². The molecule has 0 saturated carbocycles. The molecule has 0 unspecified atom stereocenters. The van der Waals surface area contributed by atoms with E-state index in [-0.39, 0.29) is 0 Å². The summed E-state index contributed by atoms with van der Waals surface area (Å²) in [7, 11) is 0. The summed E-state index contributed by atoms with van der Waals surface area (Å²) >= 11 is 8.69. The molecule has 106 valence electrons. The van der Waals surface area contributed by atoms with E-state index in [9.17, 15) is 0 Å². The molecule has 0 aliphatic heterocycles. The molecule has 1 N–H and O–H groups in total. The van der Waals surface area contributed by atoms with Crippen molar-refractivity contribution in [1.29, 1.82) is 0 Å². The number of hydrogen-bond donors (Lipinski definition) is 1. The molecule has 1 heterocycles. The standard InChI is InChI=1S/C15H16Br2N2S/c1-10(2)18-8-11-3-5-14(13(17)7-11)20-15-6-4-12(16)9-19-15/h3-7,9-10,18H,8H2,1-2H3. The van der Waals surface area contributed by atoms with Gasteiger partial charge in [0.25, 0.3) is 0 Å². The van der Waals surface area contributed by atoms with Crippen molar-refractivity contribution >= 4 is 43.6 Å². The summed E-state index contributed by atoms with van der Waals surface area (Å²) in [4.78, 5) is 5.55. The summed E-state index contributed by atoms with van der Waals surface area (Å²) in [5.41, 5.74) is 1.28. The fourth-order valence-electron chi connectivity index (χ4n) is 1.59. The first kappa shape index (κ1) is 16.0. The van der Waals surface area contributed by atoms with E-state index < -0.39 is 0 Å². The van der Waals surface area contributed by atoms with Crippen LogP contribution < -0.4 is 5.32 Å². The molecule has 0 saturated heterocycles. The molecule has 2 rings (SSSR count). The third-order valence-electron chi connectivity index (χ3n) is 2.63. The summed E-state index contributed by atoms with van der Waals surface area (Å²) in [6.07, 6.45) is 1.82. The average Bonchev–Trinajstić information content (AvgIpc) is 2.41. The minimum absolute atomic E-state index is 0.495. The molecule has 2 nitrogen and oxygen atoms in total. The summed E-state index contributed by atoms with van der Waals surface area (Å²) < 4.78 is 2.10. The predicted molar refractivity (Wildman–Crippen MR) is 92.2 cm³/mol. The third-order valence-corrected chi connectivity index (χ3v) is 5.04. The number of pyridine rings is 1. The molecule has 5 heteroatoms. The Kier molecular flexibility index (Phi) is 6.08. The van der Waals surface area contributed by atoms with Gasteiger partial charge in [-0.2, -0.15) is 0 Å². The molecule has 0 spiro atoms. The Morgan fingerprint density at radius 2 is 2.00 bits per heavy atom. The first-order chi connectivity index (χ1) is 9.54. The number of hydrogen-bond acceptors (Lipinski definition) is 3. The lowest BCUT2D eigenvalue weighted by atomic mass is 10.2. The number of aromatic nitrogens is 1. The Bertz CT molecular complexity index is 571. The summed E-state index contributed by atoms with van der Waals surface area (Å²) in [5, 5.41) is 4.41. The first-order valence-electron chi connectivity index (χ1n) is 6.36. The molecule has 0 radical (unpaired) electrons. The van der Waals surface area contributed by atoms with Crippen molar-refractivity contribution in [3.05, 3.63) is 51.0 Å². The van der Waals surface area contributed by atoms with Gasteiger partial charge in [0, 0.05) is 32.6 Å². The Labute approximate surface area is 141 Å². The van der Waals surface area contributed by atoms with Crippen LogP contribution >= 0.6 is 43.6 Å². The fourth-order valence-corrected chi connectivity index (χ4v) is 3.26. The van der Waals surface area contributed by atoms with Gasteiger partial charge in [0.1, 0.15) is 5.03 Å². The van der Waals surface area contributed by atoms with Gasteiger partial charge < -0.3 is 5.32 Å². The second-order valence-electron chi connectivity index (χ2n) is 4.72. The van der Waals surface area contributed by atoms with Gasteiger partial charge in [0.2, 0.25) is 0 Å². The number of halogens is 2. The molecule has 0 aliphatic rings. The Morgan fingerprint density at radius 3 is 2.60 bits per heavy atom. The van der Waals surface area contributed by atoms with E-state index in [4.69, 9.17) is 0 Å². The van der Waals surface area contributed by atoms with Crippen LogP contribution in [-0.4, -0.2) is 11.0 Å². The number of rotatable bonds is 5. The van der Waals surface area contributed by atoms with Crippen molar-refractivity contribution in [2.75, 3.05) is 0 Å². The van der Waals surface area contributed by atoms with Crippen molar-refractivity contribution in [2.24, 2.45) is 0 Å². The second kappa shape index (κ2) is 7.59. The number of benzene rings is 1. The van der Waals surface area contributed by atoms with Crippen LogP contribution in [0.1, 0.15) is 19.4 Å². The minimum Gasteiger partial charge on any atom is -0.310 e. The van der Waals surface area contributed by atoms with Crippen LogP contribution in [0, 0.1) is 0 Å². The van der Waals surface area contributed by atoms with Crippen molar-refractivity contribution in [1.82, 2.24) is 10.3 Å². The summed E-state index contributed by atoms with van der Waals surface area (Å²) in [6.45, 7) is 5.19. The van der Waals surface area contributed by atoms with E-state index in [2.05, 4.69) is 74.2 Å². The molecule has 0 amide bonds. The van der Waals surface area contributed by atoms with Crippen LogP contribution in [0.3, 0.4) is 0 Å². The van der Waals surface area contributed by atoms with Crippen LogP contribution in [0.15, 0.2) is 55.4 Å². The largest absolute Gasteiger partial charge is 0.310 e. The molecular formula is C15H16Br2N2S. The van der Waals surface area contributed by atoms with Gasteiger partial charge in [-0.15, -0.1) is 0 Å². The molecule has 0 atom stereocenters. The number of nitrogens with one attached hydrogen (secondary N) is 1. The van der Waals surface area contributed by atoms with Gasteiger partial charge in [-0.05, 0) is 61.7 Å². The first-order valence-corrected chi connectivity index (χ1v) is 8.76. The second-order valence-corrected chi connectivity index (χ2v) is 7.55. The molecule has 0 aliphatic carbocycles. The van der Waals surface area contributed by atoms with Gasteiger partial charge in [-0.3, -0.25) is 0 Å². The maximum Gasteiger partial charge on any atom is 0.101 e. The average molecular weight is 416 g/mol. The highest BCUT2D eigenvalue weighted by atomic mass is 79.9. The predicted octanol–water partition coefficient (Wildman–Crippen LogP) is 5.26. The van der Waals surface area contributed by atoms with E-state index >= 15 is 0 Å². The summed E-state index contributed by atoms with van der Waals surface area (Å²) in [6, 6.07) is 11.0. The molecule has 20 heavy (non-hydrogen) atoms. The van der Waals surface area contributed by atoms with Crippen molar-refractivity contribution in [3.8, 4) is 0 Å². The molecule has 0 bridgehead atoms. The Hall–Kier alpha value is -0.360. The Balaban J connectivity index is 2.07. The smallest absolute Gasteiger partial charge is 0.101 e. The van der Waals surface area contributed by atoms with E-state index in [0.717, 1.165) is 20.5 Å². The quantitative estimate of drug-likeness (QED) is 0.721. The molecule has 2 aromatic rings. The van der Waals surface area contributed by atoms with Crippen LogP contribution in [-0.2, 0) is 6.54 Å². The third kappa shape index (κ3) is 4.88. The van der Waals surface area contributed by atoms with Gasteiger partial charge in [-0.1, -0.05) is 31.7 Å². The van der Waals surface area contributed by atoms with Crippen molar-refractivity contribution < 1.29 is 0 Å². The van der Waals surface area contributed by atoms with E-state index in [1.165, 1.54) is 10.5 Å². The van der Waals surface area contributed by atoms with Crippen LogP contribution in [0.2, 0.25) is 0 Å². The molecule has 1 aromatic carbocycles. The highest BCUT2D eigenvalue weighted by molar-refractivity contribution is 9.10. The highest BCUT2D eigenvalue weighted by Crippen LogP contribution is 2.33. The molecule has 1 aromatic heterocycles. The maximum absolute atomic E-state index is 4.38. The van der Waals surface area contributed by atoms with E-state index in [0.29, 0.717) is 6.04 Å². The van der Waals surface area contributed by atoms with E-state index in [1.807, 2.05) is 18.3 Å². The zero-order valence-electron chi connectivity index (χ0n) is 11.4. The minimum atomic E-state index is 0.495. The lowest BCUT2D eigenvalue weighted by molar-refractivity contribution is 0.588. The van der Waals surface area contributed by atoms with Gasteiger partial charge in [0.05, 0.1) is 0 Å². The normalized spacial score (nSPS) is 11.1. The fraction of sp³-hybridized carbons (Fsp3) is 0.267. The van der Waals surface area contributed by atoms with Gasteiger partial charge >= 0.3 is 0 Å². The topological polar surface area (TPSA) is 24.9 Å². The van der Waals surface area contributed by atoms with Crippen LogP contribution in [0.5, 0.6) is 0 Å². The maximum atomic E-state index is 4.38. The monoisotopic (exact) mass is 414 g/mol. The molecule has 0 fully saturated rings.